The molecule has 0 radical (unpaired) electrons. The first-order valence-corrected chi connectivity index (χ1v) is 8.89. The van der Waals surface area contributed by atoms with Gasteiger partial charge in [-0.25, -0.2) is 4.68 Å². The number of carbonyl (C=O) groups excluding carboxylic acids is 1. The quantitative estimate of drug-likeness (QED) is 0.840. The summed E-state index contributed by atoms with van der Waals surface area (Å²) in [4.78, 5) is 14.6. The van der Waals surface area contributed by atoms with Gasteiger partial charge in [-0.15, -0.1) is 0 Å². The highest BCUT2D eigenvalue weighted by Gasteiger charge is 2.29. The minimum atomic E-state index is -0.0226. The second kappa shape index (κ2) is 7.00. The normalized spacial score (nSPS) is 14.4. The van der Waals surface area contributed by atoms with Crippen molar-refractivity contribution in [2.75, 3.05) is 20.7 Å². The Bertz CT molecular complexity index is 794. The third-order valence-corrected chi connectivity index (χ3v) is 4.99. The van der Waals surface area contributed by atoms with Crippen LogP contribution in [0.3, 0.4) is 0 Å². The molecule has 0 N–H and O–H groups in total. The fourth-order valence-electron chi connectivity index (χ4n) is 3.58. The van der Waals surface area contributed by atoms with Gasteiger partial charge in [0.05, 0.1) is 11.8 Å². The van der Waals surface area contributed by atoms with Gasteiger partial charge in [0.25, 0.3) is 5.91 Å². The van der Waals surface area contributed by atoms with E-state index in [-0.39, 0.29) is 12.0 Å². The second-order valence-electron chi connectivity index (χ2n) is 7.06. The van der Waals surface area contributed by atoms with Crippen molar-refractivity contribution >= 4 is 5.91 Å². The lowest BCUT2D eigenvalue weighted by molar-refractivity contribution is 0.0594. The van der Waals surface area contributed by atoms with Gasteiger partial charge < -0.3 is 9.64 Å². The highest BCUT2D eigenvalue weighted by atomic mass is 16.5. The van der Waals surface area contributed by atoms with Crippen LogP contribution in [0.25, 0.3) is 5.69 Å². The molecule has 1 amide bonds. The minimum Gasteiger partial charge on any atom is -0.380 e. The lowest BCUT2D eigenvalue weighted by Crippen LogP contribution is -2.34. The fraction of sp³-hybridized carbons (Fsp3) is 0.500. The Hall–Kier alpha value is -2.14. The molecule has 1 atom stereocenters. The van der Waals surface area contributed by atoms with E-state index in [1.54, 1.807) is 12.0 Å². The Morgan fingerprint density at radius 3 is 2.80 bits per heavy atom. The van der Waals surface area contributed by atoms with Gasteiger partial charge in [0, 0.05) is 32.0 Å². The zero-order valence-electron chi connectivity index (χ0n) is 15.8. The Labute approximate surface area is 149 Å². The third-order valence-electron chi connectivity index (χ3n) is 4.99. The van der Waals surface area contributed by atoms with E-state index in [9.17, 15) is 4.79 Å². The fourth-order valence-corrected chi connectivity index (χ4v) is 3.58. The van der Waals surface area contributed by atoms with E-state index in [0.717, 1.165) is 30.5 Å². The van der Waals surface area contributed by atoms with Crippen LogP contribution in [0.2, 0.25) is 0 Å². The first-order chi connectivity index (χ1) is 11.9. The SMILES string of the molecule is COC(C)CN(C)C(=O)c1nn(-c2ccc(C)cc2C)c2c1CCC2. The van der Waals surface area contributed by atoms with Crippen molar-refractivity contribution in [1.82, 2.24) is 14.7 Å². The number of ether oxygens (including phenoxy) is 1. The molecule has 1 heterocycles. The number of aryl methyl sites for hydroxylation is 2. The molecular formula is C20H27N3O2. The maximum atomic E-state index is 12.9. The molecule has 0 saturated heterocycles. The van der Waals surface area contributed by atoms with Crippen LogP contribution in [0.1, 0.15) is 46.2 Å². The molecule has 0 fully saturated rings. The summed E-state index contributed by atoms with van der Waals surface area (Å²) in [7, 11) is 3.48. The number of amides is 1. The van der Waals surface area contributed by atoms with Crippen LogP contribution in [0.4, 0.5) is 0 Å². The van der Waals surface area contributed by atoms with Crippen LogP contribution in [-0.2, 0) is 17.6 Å². The van der Waals surface area contributed by atoms with E-state index < -0.39 is 0 Å². The highest BCUT2D eigenvalue weighted by Crippen LogP contribution is 2.29. The van der Waals surface area contributed by atoms with E-state index >= 15 is 0 Å². The van der Waals surface area contributed by atoms with E-state index in [2.05, 4.69) is 32.0 Å². The monoisotopic (exact) mass is 341 g/mol. The molecule has 0 saturated carbocycles. The van der Waals surface area contributed by atoms with Gasteiger partial charge >= 0.3 is 0 Å². The Balaban J connectivity index is 1.99. The minimum absolute atomic E-state index is 0.00317. The van der Waals surface area contributed by atoms with Crippen LogP contribution in [0.15, 0.2) is 18.2 Å². The summed E-state index contributed by atoms with van der Waals surface area (Å²) in [5.41, 5.74) is 6.37. The van der Waals surface area contributed by atoms with Crippen LogP contribution in [0.5, 0.6) is 0 Å². The number of aromatic nitrogens is 2. The molecule has 0 bridgehead atoms. The van der Waals surface area contributed by atoms with Gasteiger partial charge in [-0.05, 0) is 51.7 Å². The first kappa shape index (κ1) is 17.7. The zero-order chi connectivity index (χ0) is 18.1. The molecule has 3 rings (SSSR count). The Morgan fingerprint density at radius 2 is 2.12 bits per heavy atom. The lowest BCUT2D eigenvalue weighted by atomic mass is 10.1. The summed E-state index contributed by atoms with van der Waals surface area (Å²) >= 11 is 0. The average Bonchev–Trinajstić information content (AvgIpc) is 3.17. The number of fused-ring (bicyclic) bond motifs is 1. The summed E-state index contributed by atoms with van der Waals surface area (Å²) in [5, 5.41) is 4.73. The van der Waals surface area contributed by atoms with Gasteiger partial charge in [0.2, 0.25) is 0 Å². The number of rotatable bonds is 5. The average molecular weight is 341 g/mol. The number of benzene rings is 1. The predicted octanol–water partition coefficient (Wildman–Crippen LogP) is 3.08. The van der Waals surface area contributed by atoms with E-state index in [1.807, 2.05) is 18.7 Å². The largest absolute Gasteiger partial charge is 0.380 e. The molecule has 1 aromatic heterocycles. The number of methoxy groups -OCH3 is 1. The summed E-state index contributed by atoms with van der Waals surface area (Å²) < 4.78 is 7.27. The van der Waals surface area contributed by atoms with Gasteiger partial charge in [0.15, 0.2) is 5.69 Å². The van der Waals surface area contributed by atoms with Crippen LogP contribution >= 0.6 is 0 Å². The predicted molar refractivity (Wildman–Crippen MR) is 98.5 cm³/mol. The summed E-state index contributed by atoms with van der Waals surface area (Å²) in [6, 6.07) is 6.35. The molecule has 1 aliphatic rings. The van der Waals surface area contributed by atoms with Gasteiger partial charge in [-0.2, -0.15) is 5.10 Å². The van der Waals surface area contributed by atoms with Crippen molar-refractivity contribution in [2.45, 2.75) is 46.1 Å². The molecule has 0 spiro atoms. The summed E-state index contributed by atoms with van der Waals surface area (Å²) in [6.45, 7) is 6.70. The maximum Gasteiger partial charge on any atom is 0.274 e. The van der Waals surface area contributed by atoms with Gasteiger partial charge in [0.1, 0.15) is 0 Å². The van der Waals surface area contributed by atoms with E-state index in [4.69, 9.17) is 9.84 Å². The second-order valence-corrected chi connectivity index (χ2v) is 7.06. The molecule has 1 aliphatic carbocycles. The molecule has 2 aromatic rings. The van der Waals surface area contributed by atoms with E-state index in [1.165, 1.54) is 16.8 Å². The van der Waals surface area contributed by atoms with Crippen molar-refractivity contribution in [3.8, 4) is 5.69 Å². The van der Waals surface area contributed by atoms with Crippen LogP contribution in [0, 0.1) is 13.8 Å². The number of carbonyl (C=O) groups is 1. The zero-order valence-corrected chi connectivity index (χ0v) is 15.8. The molecule has 1 unspecified atom stereocenters. The Kier molecular flexibility index (Phi) is 4.95. The Morgan fingerprint density at radius 1 is 1.36 bits per heavy atom. The molecule has 134 valence electrons. The molecule has 0 aliphatic heterocycles. The summed E-state index contributed by atoms with van der Waals surface area (Å²) in [5.74, 6) is -0.0226. The molecule has 5 nitrogen and oxygen atoms in total. The number of hydrogen-bond donors (Lipinski definition) is 0. The number of nitrogens with zero attached hydrogens (tertiary/aromatic N) is 3. The van der Waals surface area contributed by atoms with Gasteiger partial charge in [-0.3, -0.25) is 4.79 Å². The van der Waals surface area contributed by atoms with Crippen LogP contribution < -0.4 is 0 Å². The standard InChI is InChI=1S/C20H27N3O2/c1-13-9-10-17(14(2)11-13)23-18-8-6-7-16(18)19(21-23)20(24)22(4)12-15(3)25-5/h9-11,15H,6-8,12H2,1-5H3. The number of hydrogen-bond acceptors (Lipinski definition) is 3. The summed E-state index contributed by atoms with van der Waals surface area (Å²) in [6.07, 6.45) is 2.98. The third kappa shape index (κ3) is 3.33. The topological polar surface area (TPSA) is 47.4 Å². The van der Waals surface area contributed by atoms with Crippen molar-refractivity contribution in [1.29, 1.82) is 0 Å². The van der Waals surface area contributed by atoms with E-state index in [0.29, 0.717) is 12.2 Å². The van der Waals surface area contributed by atoms with Crippen molar-refractivity contribution in [3.63, 3.8) is 0 Å². The number of likely N-dealkylation sites (N-methyl/N-ethyl adjacent to an activating group) is 1. The smallest absolute Gasteiger partial charge is 0.274 e. The molecule has 25 heavy (non-hydrogen) atoms. The van der Waals surface area contributed by atoms with Gasteiger partial charge in [-0.1, -0.05) is 17.7 Å². The van der Waals surface area contributed by atoms with Crippen molar-refractivity contribution < 1.29 is 9.53 Å². The first-order valence-electron chi connectivity index (χ1n) is 8.89. The van der Waals surface area contributed by atoms with Crippen molar-refractivity contribution in [2.24, 2.45) is 0 Å². The molecule has 5 heteroatoms. The molecule has 1 aromatic carbocycles. The maximum absolute atomic E-state index is 12.9. The van der Waals surface area contributed by atoms with Crippen molar-refractivity contribution in [3.05, 3.63) is 46.3 Å². The highest BCUT2D eigenvalue weighted by molar-refractivity contribution is 5.94. The lowest BCUT2D eigenvalue weighted by Gasteiger charge is -2.20. The van der Waals surface area contributed by atoms with Crippen LogP contribution in [-0.4, -0.2) is 47.4 Å². The molecular weight excluding hydrogens is 314 g/mol.